The van der Waals surface area contributed by atoms with Gasteiger partial charge in [-0.3, -0.25) is 29.8 Å². The van der Waals surface area contributed by atoms with Crippen LogP contribution in [0.1, 0.15) is 276 Å². The van der Waals surface area contributed by atoms with Crippen LogP contribution in [0.2, 0.25) is 0 Å². The molecule has 0 aliphatic carbocycles. The van der Waals surface area contributed by atoms with Crippen molar-refractivity contribution in [3.63, 3.8) is 0 Å². The Balaban J connectivity index is 0.000000146. The minimum atomic E-state index is -0.218. The number of oxazole rings is 1. The number of para-hydroxylation sites is 4. The first-order valence-electron chi connectivity index (χ1n) is 47.1. The van der Waals surface area contributed by atoms with Gasteiger partial charge in [0.15, 0.2) is 17.1 Å². The van der Waals surface area contributed by atoms with Gasteiger partial charge in [0.25, 0.3) is 0 Å². The van der Waals surface area contributed by atoms with Gasteiger partial charge >= 0.3 is 0 Å². The molecular formula is C114H145F2N19O2. The first-order chi connectivity index (χ1) is 63.7. The maximum Gasteiger partial charge on any atom is 0.192 e. The maximum absolute atomic E-state index is 13.6. The van der Waals surface area contributed by atoms with E-state index >= 15 is 0 Å². The van der Waals surface area contributed by atoms with E-state index in [2.05, 4.69) is 377 Å². The number of fused-ring (bicyclic) bond motifs is 10. The van der Waals surface area contributed by atoms with Gasteiger partial charge in [0.05, 0.1) is 79.1 Å². The smallest absolute Gasteiger partial charge is 0.192 e. The van der Waals surface area contributed by atoms with Gasteiger partial charge in [-0.2, -0.15) is 46.0 Å². The van der Waals surface area contributed by atoms with E-state index in [0.29, 0.717) is 10.9 Å². The first kappa shape index (κ1) is 104. The average molecular weight is 1850 g/mol. The number of aromatic amines is 5. The van der Waals surface area contributed by atoms with Crippen LogP contribution >= 0.6 is 0 Å². The maximum atomic E-state index is 13.6. The second-order valence-electron chi connectivity index (χ2n) is 45.7. The molecule has 0 spiro atoms. The average Bonchev–Trinajstić information content (AvgIpc) is 1.62. The number of hydrogen-bond donors (Lipinski definition) is 5. The Morgan fingerprint density at radius 1 is 0.343 bits per heavy atom. The molecule has 0 radical (unpaired) electrons. The van der Waals surface area contributed by atoms with E-state index in [-0.39, 0.29) is 65.8 Å². The molecule has 0 atom stereocenters. The number of imidazole rings is 1. The van der Waals surface area contributed by atoms with Gasteiger partial charge < -0.3 is 13.5 Å². The third-order valence-corrected chi connectivity index (χ3v) is 23.4. The molecule has 722 valence electrons. The molecule has 0 unspecified atom stereocenters. The van der Waals surface area contributed by atoms with Gasteiger partial charge in [0.1, 0.15) is 28.2 Å². The molecule has 23 heteroatoms. The molecule has 20 rings (SSSR count). The summed E-state index contributed by atoms with van der Waals surface area (Å²) in [7, 11) is 6.02. The lowest BCUT2D eigenvalue weighted by Gasteiger charge is -2.19. The molecule has 10 heterocycles. The van der Waals surface area contributed by atoms with E-state index in [9.17, 15) is 8.78 Å². The summed E-state index contributed by atoms with van der Waals surface area (Å²) in [6.45, 7) is 68.9. The molecule has 0 aliphatic rings. The summed E-state index contributed by atoms with van der Waals surface area (Å²) >= 11 is 0. The zero-order chi connectivity index (χ0) is 101. The number of aryl methyl sites for hydroxylation is 5. The highest BCUT2D eigenvalue weighted by Gasteiger charge is 2.28. The van der Waals surface area contributed by atoms with E-state index in [0.717, 1.165) is 89.0 Å². The molecule has 137 heavy (non-hydrogen) atoms. The van der Waals surface area contributed by atoms with Gasteiger partial charge in [0.2, 0.25) is 0 Å². The van der Waals surface area contributed by atoms with Gasteiger partial charge in [0, 0.05) is 110 Å². The Kier molecular flexibility index (Phi) is 31.1. The van der Waals surface area contributed by atoms with Crippen molar-refractivity contribution >= 4 is 110 Å². The minimum absolute atomic E-state index is 0.0391. The van der Waals surface area contributed by atoms with Crippen molar-refractivity contribution in [1.29, 1.82) is 0 Å². The zero-order valence-corrected chi connectivity index (χ0v) is 87.5. The van der Waals surface area contributed by atoms with Crippen LogP contribution in [0.4, 0.5) is 8.78 Å². The van der Waals surface area contributed by atoms with Crippen molar-refractivity contribution in [2.75, 3.05) is 0 Å². The summed E-state index contributed by atoms with van der Waals surface area (Å²) in [6, 6.07) is 65.7. The van der Waals surface area contributed by atoms with E-state index in [4.69, 9.17) is 8.94 Å². The Hall–Kier alpha value is -13.3. The molecular weight excluding hydrogens is 1710 g/mol. The Labute approximate surface area is 807 Å². The molecule has 20 aromatic rings. The fraction of sp³-hybridized carbons (Fsp3) is 0.395. The van der Waals surface area contributed by atoms with Crippen molar-refractivity contribution < 1.29 is 17.7 Å². The Bertz CT molecular complexity index is 7330. The van der Waals surface area contributed by atoms with Crippen LogP contribution < -0.4 is 0 Å². The predicted octanol–water partition coefficient (Wildman–Crippen LogP) is 29.5. The number of aromatic nitrogens is 19. The summed E-state index contributed by atoms with van der Waals surface area (Å²) < 4.78 is 43.3. The van der Waals surface area contributed by atoms with E-state index in [1.54, 1.807) is 12.1 Å². The van der Waals surface area contributed by atoms with Crippen molar-refractivity contribution in [3.05, 3.63) is 292 Å². The van der Waals surface area contributed by atoms with Crippen molar-refractivity contribution in [2.45, 2.75) is 276 Å². The first-order valence-corrected chi connectivity index (χ1v) is 47.1. The minimum Gasteiger partial charge on any atom is -0.441 e. The monoisotopic (exact) mass is 1850 g/mol. The highest BCUT2D eigenvalue weighted by molar-refractivity contribution is 5.88. The fourth-order valence-electron chi connectivity index (χ4n) is 16.2. The number of halogens is 2. The molecule has 21 nitrogen and oxygen atoms in total. The van der Waals surface area contributed by atoms with Gasteiger partial charge in [-0.1, -0.05) is 316 Å². The molecule has 0 saturated carbocycles. The molecule has 0 fully saturated rings. The summed E-state index contributed by atoms with van der Waals surface area (Å²) in [4.78, 5) is 8.72. The molecule has 0 aliphatic heterocycles. The van der Waals surface area contributed by atoms with Crippen molar-refractivity contribution in [2.24, 2.45) is 21.1 Å². The largest absolute Gasteiger partial charge is 0.441 e. The van der Waals surface area contributed by atoms with E-state index in [1.165, 1.54) is 95.7 Å². The lowest BCUT2D eigenvalue weighted by molar-refractivity contribution is 0.419. The van der Waals surface area contributed by atoms with Crippen LogP contribution in [-0.4, -0.2) is 95.5 Å². The second-order valence-corrected chi connectivity index (χ2v) is 45.7. The second kappa shape index (κ2) is 40.9. The quantitative estimate of drug-likeness (QED) is 0.0947. The zero-order valence-electron chi connectivity index (χ0n) is 87.5. The fourth-order valence-corrected chi connectivity index (χ4v) is 16.2. The lowest BCUT2D eigenvalue weighted by Crippen LogP contribution is -2.16. The van der Waals surface area contributed by atoms with E-state index < -0.39 is 0 Å². The summed E-state index contributed by atoms with van der Waals surface area (Å²) in [5.74, 6) is 0.302. The molecule has 5 N–H and O–H groups in total. The van der Waals surface area contributed by atoms with Crippen LogP contribution in [0.15, 0.2) is 222 Å². The number of benzene rings is 10. The van der Waals surface area contributed by atoms with Crippen LogP contribution in [-0.2, 0) is 75.3 Å². The third-order valence-electron chi connectivity index (χ3n) is 23.4. The standard InChI is InChI=1S/4C12H16N2.C12H15NO.2C11H13FN2.C11H14N2.C11H13NO.C10H13N3/c1-12(2,3)10-5-6-11-9(7-10)8-13-14(11)4;1-8-5-6-9-10(7-8)13-14-11(9)12(2,3)4;1-12(2,3)9-6-5-7-10-11(9)13-8-14(10)4;1-12(2,3)11-9-7-5-6-8-10(9)13-14(11)4;1-8-13-10-6-5-9(12(2,3)4)7-11(10)14-8;1-11(2,3)10-8-6-7(12)4-5-9(8)13-14-10;1-11(2,3)10-9-7(12)5-4-6-8(9)13-14-10;1-11(2,3)10-8-6-4-5-7-9(8)12-13-10;1-11(2,3)10-8-6-4-5-7-9(8)13-12-10;1-10(2,3)7-5-4-6-8-9(7)12-13-11-8/h5-8H,1-4H3;5-7H,1-4H3,(H,13,14);2*5-8H,1-4H3;5-7H,1-4H3;2*4-6H,1-3H3,(H,13,14);4-7H,1-3H3,(H,12,13);4-7H,1-3H3;4-6H,1-3H3,(H,11,12,13). The lowest BCUT2D eigenvalue weighted by atomic mass is 9.86. The summed E-state index contributed by atoms with van der Waals surface area (Å²) in [6.07, 6.45) is 3.80. The van der Waals surface area contributed by atoms with Crippen molar-refractivity contribution in [3.8, 4) is 0 Å². The molecule has 0 saturated heterocycles. The van der Waals surface area contributed by atoms with Crippen molar-refractivity contribution in [1.82, 2.24) is 95.5 Å². The van der Waals surface area contributed by atoms with Crippen LogP contribution in [0.3, 0.4) is 0 Å². The number of rotatable bonds is 0. The number of H-pyrrole nitrogens is 5. The number of nitrogens with one attached hydrogen (secondary N) is 5. The predicted molar refractivity (Wildman–Crippen MR) is 565 cm³/mol. The van der Waals surface area contributed by atoms with Crippen LogP contribution in [0, 0.1) is 25.5 Å². The Morgan fingerprint density at radius 2 is 0.839 bits per heavy atom. The Morgan fingerprint density at radius 3 is 1.44 bits per heavy atom. The molecule has 0 amide bonds. The highest BCUT2D eigenvalue weighted by Crippen LogP contribution is 2.38. The van der Waals surface area contributed by atoms with Gasteiger partial charge in [-0.15, -0.1) is 0 Å². The number of nitrogens with zero attached hydrogens (tertiary/aromatic N) is 14. The SMILES string of the molecule is CC(C)(C)c1[nH]nc2ccc(F)cc12.CC(C)(C)c1[nH]nc2cccc(F)c12.CC(C)(C)c1[nH]nc2ccccc12.CC(C)(C)c1cccc2n[nH]nc12.CC(C)(C)c1noc2ccccc12.Cc1ccc2c(C(C)(C)C)[nH]nc2c1.Cc1nc2ccc(C(C)(C)C)cc2o1.Cn1cnc2c(C(C)(C)C)cccc21.Cn1nc2ccccc2c1C(C)(C)C.Cn1ncc2cc(C(C)(C)C)ccc21. The van der Waals surface area contributed by atoms with Crippen LogP contribution in [0.5, 0.6) is 0 Å². The normalized spacial score (nSPS) is 12.3. The molecule has 10 aromatic heterocycles. The number of hydrogen-bond acceptors (Lipinski definition) is 13. The third kappa shape index (κ3) is 25.9. The molecule has 10 aromatic carbocycles. The summed E-state index contributed by atoms with van der Waals surface area (Å²) in [5.41, 5.74) is 26.8. The van der Waals surface area contributed by atoms with E-state index in [1.807, 2.05) is 144 Å². The van der Waals surface area contributed by atoms with Gasteiger partial charge in [-0.25, -0.2) is 18.7 Å². The summed E-state index contributed by atoms with van der Waals surface area (Å²) in [5, 5.41) is 60.1. The topological polar surface area (TPSA) is 262 Å². The van der Waals surface area contributed by atoms with Crippen LogP contribution in [0.25, 0.3) is 110 Å². The van der Waals surface area contributed by atoms with Gasteiger partial charge in [-0.05, 0) is 153 Å². The molecule has 0 bridgehead atoms. The highest BCUT2D eigenvalue weighted by atomic mass is 19.1.